The van der Waals surface area contributed by atoms with Crippen LogP contribution >= 0.6 is 0 Å². The fourth-order valence-corrected chi connectivity index (χ4v) is 4.60. The van der Waals surface area contributed by atoms with Crippen molar-refractivity contribution in [3.8, 4) is 0 Å². The first-order valence-corrected chi connectivity index (χ1v) is 9.38. The van der Waals surface area contributed by atoms with E-state index in [2.05, 4.69) is 20.8 Å². The number of carbonyl (C=O) groups is 2. The van der Waals surface area contributed by atoms with E-state index in [1.807, 2.05) is 13.0 Å². The molecule has 4 nitrogen and oxygen atoms in total. The smallest absolute Gasteiger partial charge is 0.343 e. The largest absolute Gasteiger partial charge is 0.460 e. The molecule has 2 aliphatic heterocycles. The summed E-state index contributed by atoms with van der Waals surface area (Å²) in [7, 11) is 0. The Morgan fingerprint density at radius 2 is 2.00 bits per heavy atom. The zero-order valence-electron chi connectivity index (χ0n) is 15.5. The highest BCUT2D eigenvalue weighted by Crippen LogP contribution is 2.43. The molecule has 1 aliphatic carbocycles. The average Bonchev–Trinajstić information content (AvgIpc) is 2.95. The van der Waals surface area contributed by atoms with Crippen molar-refractivity contribution in [2.75, 3.05) is 0 Å². The van der Waals surface area contributed by atoms with Gasteiger partial charge in [-0.25, -0.2) is 4.79 Å². The summed E-state index contributed by atoms with van der Waals surface area (Å²) in [6.45, 7) is 10.2. The fraction of sp³-hybridized carbons (Fsp3) is 0.800. The summed E-state index contributed by atoms with van der Waals surface area (Å²) in [5.41, 5.74) is -1.21. The third kappa shape index (κ3) is 2.73. The molecule has 3 aliphatic rings. The molecule has 134 valence electrons. The Bertz CT molecular complexity index is 552. The third-order valence-electron chi connectivity index (χ3n) is 6.42. The number of ether oxygens (including phenoxy) is 2. The predicted octanol–water partition coefficient (Wildman–Crippen LogP) is 3.54. The van der Waals surface area contributed by atoms with E-state index in [4.69, 9.17) is 9.47 Å². The molecule has 0 unspecified atom stereocenters. The summed E-state index contributed by atoms with van der Waals surface area (Å²) < 4.78 is 12.0. The van der Waals surface area contributed by atoms with Crippen molar-refractivity contribution in [2.24, 2.45) is 29.6 Å². The predicted molar refractivity (Wildman–Crippen MR) is 91.3 cm³/mol. The fourth-order valence-electron chi connectivity index (χ4n) is 4.60. The van der Waals surface area contributed by atoms with E-state index < -0.39 is 11.5 Å². The van der Waals surface area contributed by atoms with Crippen LogP contribution in [0.3, 0.4) is 0 Å². The quantitative estimate of drug-likeness (QED) is 0.585. The maximum absolute atomic E-state index is 13.0. The minimum atomic E-state index is -1.21. The molecule has 2 fully saturated rings. The van der Waals surface area contributed by atoms with Gasteiger partial charge in [-0.1, -0.05) is 47.1 Å². The van der Waals surface area contributed by atoms with Crippen molar-refractivity contribution in [1.82, 2.24) is 0 Å². The van der Waals surface area contributed by atoms with Gasteiger partial charge in [0, 0.05) is 5.92 Å². The van der Waals surface area contributed by atoms with Gasteiger partial charge in [-0.15, -0.1) is 0 Å². The summed E-state index contributed by atoms with van der Waals surface area (Å²) in [6, 6.07) is 0. The lowest BCUT2D eigenvalue weighted by atomic mass is 9.75. The zero-order chi connectivity index (χ0) is 17.6. The minimum absolute atomic E-state index is 0.0756. The van der Waals surface area contributed by atoms with Gasteiger partial charge in [0.05, 0.1) is 12.0 Å². The number of rotatable bonds is 3. The van der Waals surface area contributed by atoms with Gasteiger partial charge < -0.3 is 9.47 Å². The second-order valence-electron chi connectivity index (χ2n) is 8.42. The molecule has 0 aromatic carbocycles. The van der Waals surface area contributed by atoms with Crippen LogP contribution < -0.4 is 0 Å². The molecule has 0 aromatic rings. The van der Waals surface area contributed by atoms with E-state index in [-0.39, 0.29) is 29.9 Å². The van der Waals surface area contributed by atoms with Crippen LogP contribution in [0, 0.1) is 29.6 Å². The van der Waals surface area contributed by atoms with Crippen LogP contribution in [0.1, 0.15) is 53.9 Å². The van der Waals surface area contributed by atoms with E-state index in [1.54, 1.807) is 13.0 Å². The normalized spacial score (nSPS) is 44.8. The van der Waals surface area contributed by atoms with Crippen LogP contribution in [0.25, 0.3) is 0 Å². The molecule has 3 rings (SSSR count). The topological polar surface area (TPSA) is 52.6 Å². The molecule has 0 radical (unpaired) electrons. The molecule has 0 spiro atoms. The first kappa shape index (κ1) is 17.7. The second kappa shape index (κ2) is 6.29. The van der Waals surface area contributed by atoms with E-state index in [0.717, 1.165) is 12.8 Å². The summed E-state index contributed by atoms with van der Waals surface area (Å²) in [5, 5.41) is 0. The molecule has 7 atom stereocenters. The SMILES string of the molecule is CC(C)[C@H]1CC[C@H](C)C[C@@H]1OC(=O)[C@@]12C=C[C@@H](O1)[C@H](C)C(=O)[C@@H]2C. The Labute approximate surface area is 145 Å². The summed E-state index contributed by atoms with van der Waals surface area (Å²) >= 11 is 0. The van der Waals surface area contributed by atoms with Gasteiger partial charge in [0.25, 0.3) is 0 Å². The molecule has 1 saturated heterocycles. The molecule has 4 heteroatoms. The zero-order valence-corrected chi connectivity index (χ0v) is 15.5. The van der Waals surface area contributed by atoms with Gasteiger partial charge in [0.2, 0.25) is 0 Å². The number of carbonyl (C=O) groups excluding carboxylic acids is 2. The first-order valence-electron chi connectivity index (χ1n) is 9.38. The van der Waals surface area contributed by atoms with Crippen LogP contribution in [0.5, 0.6) is 0 Å². The first-order chi connectivity index (χ1) is 11.3. The number of hydrogen-bond donors (Lipinski definition) is 0. The Morgan fingerprint density at radius 3 is 2.67 bits per heavy atom. The van der Waals surface area contributed by atoms with Crippen molar-refractivity contribution in [3.63, 3.8) is 0 Å². The van der Waals surface area contributed by atoms with Crippen LogP contribution in [-0.4, -0.2) is 29.6 Å². The van der Waals surface area contributed by atoms with Gasteiger partial charge >= 0.3 is 5.97 Å². The maximum Gasteiger partial charge on any atom is 0.343 e. The van der Waals surface area contributed by atoms with Crippen LogP contribution in [0.4, 0.5) is 0 Å². The van der Waals surface area contributed by atoms with Crippen LogP contribution in [0.15, 0.2) is 12.2 Å². The molecule has 1 saturated carbocycles. The minimum Gasteiger partial charge on any atom is -0.460 e. The van der Waals surface area contributed by atoms with Crippen molar-refractivity contribution in [3.05, 3.63) is 12.2 Å². The molecule has 2 bridgehead atoms. The molecule has 0 aromatic heterocycles. The highest BCUT2D eigenvalue weighted by Gasteiger charge is 2.58. The number of fused-ring (bicyclic) bond motifs is 2. The van der Waals surface area contributed by atoms with E-state index in [9.17, 15) is 9.59 Å². The molecule has 2 heterocycles. The lowest BCUT2D eigenvalue weighted by Crippen LogP contribution is -2.56. The van der Waals surface area contributed by atoms with Crippen LogP contribution in [-0.2, 0) is 19.1 Å². The number of esters is 1. The monoisotopic (exact) mass is 334 g/mol. The van der Waals surface area contributed by atoms with Gasteiger partial charge in [0.15, 0.2) is 5.60 Å². The maximum atomic E-state index is 13.0. The van der Waals surface area contributed by atoms with E-state index in [0.29, 0.717) is 17.8 Å². The standard InChI is InChI=1S/C20H30O4/c1-11(2)15-7-6-12(3)10-17(15)23-19(22)20-9-8-16(24-20)13(4)18(21)14(20)5/h8-9,11-17H,6-7,10H2,1-5H3/t12-,13-,14-,15+,16+,17-,20-/m0/s1. The van der Waals surface area contributed by atoms with Gasteiger partial charge in [-0.3, -0.25) is 4.79 Å². The number of hydrogen-bond acceptors (Lipinski definition) is 4. The Kier molecular flexibility index (Phi) is 4.63. The highest BCUT2D eigenvalue weighted by atomic mass is 16.6. The van der Waals surface area contributed by atoms with Crippen molar-refractivity contribution in [2.45, 2.75) is 71.7 Å². The van der Waals surface area contributed by atoms with Crippen molar-refractivity contribution < 1.29 is 19.1 Å². The molecule has 0 N–H and O–H groups in total. The van der Waals surface area contributed by atoms with E-state index >= 15 is 0 Å². The molecule has 24 heavy (non-hydrogen) atoms. The Morgan fingerprint density at radius 1 is 1.29 bits per heavy atom. The number of ketones is 1. The lowest BCUT2D eigenvalue weighted by molar-refractivity contribution is -0.196. The summed E-state index contributed by atoms with van der Waals surface area (Å²) in [4.78, 5) is 25.5. The second-order valence-corrected chi connectivity index (χ2v) is 8.42. The average molecular weight is 334 g/mol. The summed E-state index contributed by atoms with van der Waals surface area (Å²) in [6.07, 6.45) is 6.43. The van der Waals surface area contributed by atoms with Crippen molar-refractivity contribution in [1.29, 1.82) is 0 Å². The highest BCUT2D eigenvalue weighted by molar-refractivity contribution is 5.96. The Balaban J connectivity index is 1.79. The van der Waals surface area contributed by atoms with Crippen LogP contribution in [0.2, 0.25) is 0 Å². The third-order valence-corrected chi connectivity index (χ3v) is 6.42. The van der Waals surface area contributed by atoms with Gasteiger partial charge in [-0.05, 0) is 36.7 Å². The molecular weight excluding hydrogens is 304 g/mol. The van der Waals surface area contributed by atoms with Crippen molar-refractivity contribution >= 4 is 11.8 Å². The molecular formula is C20H30O4. The van der Waals surface area contributed by atoms with Gasteiger partial charge in [-0.2, -0.15) is 0 Å². The summed E-state index contributed by atoms with van der Waals surface area (Å²) in [5.74, 6) is 0.450. The number of Topliss-reactive ketones (excluding diaryl/α,β-unsaturated/α-hetero) is 1. The molecule has 0 amide bonds. The van der Waals surface area contributed by atoms with Gasteiger partial charge in [0.1, 0.15) is 11.9 Å². The Hall–Kier alpha value is -1.16. The van der Waals surface area contributed by atoms with E-state index in [1.165, 1.54) is 6.42 Å². The lowest BCUT2D eigenvalue weighted by Gasteiger charge is -2.42.